The van der Waals surface area contributed by atoms with Gasteiger partial charge in [0, 0.05) is 69.4 Å². The molecule has 3 fully saturated rings. The summed E-state index contributed by atoms with van der Waals surface area (Å²) in [5.74, 6) is 4.00. The highest BCUT2D eigenvalue weighted by molar-refractivity contribution is 5.81. The van der Waals surface area contributed by atoms with Crippen LogP contribution in [0.15, 0.2) is 42.6 Å². The van der Waals surface area contributed by atoms with Gasteiger partial charge in [0.25, 0.3) is 0 Å². The Morgan fingerprint density at radius 2 is 1.70 bits per heavy atom. The molecule has 0 amide bonds. The molecule has 8 nitrogen and oxygen atoms in total. The molecule has 3 aromatic rings. The van der Waals surface area contributed by atoms with E-state index in [9.17, 15) is 4.79 Å². The van der Waals surface area contributed by atoms with Crippen LogP contribution in [0.25, 0.3) is 0 Å². The van der Waals surface area contributed by atoms with Crippen molar-refractivity contribution in [3.8, 4) is 0 Å². The zero-order valence-electron chi connectivity index (χ0n) is 21.5. The molecular weight excluding hydrogens is 462 g/mol. The minimum atomic E-state index is 0.393. The van der Waals surface area contributed by atoms with Crippen LogP contribution < -0.4 is 10.2 Å². The summed E-state index contributed by atoms with van der Waals surface area (Å²) in [5.41, 5.74) is 3.64. The third-order valence-electron chi connectivity index (χ3n) is 7.99. The fourth-order valence-electron chi connectivity index (χ4n) is 5.67. The Bertz CT molecular complexity index is 1190. The van der Waals surface area contributed by atoms with Gasteiger partial charge in [-0.25, -0.2) is 4.98 Å². The highest BCUT2D eigenvalue weighted by Crippen LogP contribution is 2.39. The normalized spacial score (nSPS) is 18.9. The van der Waals surface area contributed by atoms with E-state index in [1.807, 2.05) is 12.3 Å². The molecule has 3 aliphatic rings. The zero-order chi connectivity index (χ0) is 25.0. The number of benzene rings is 1. The number of carbonyl (C=O) groups is 1. The Hall–Kier alpha value is -3.26. The standard InChI is InChI=1S/C29H37N7O/c37-25(17-21-3-1-2-4-21)18-22-5-7-23(8-6-22)20-35-13-15-36(16-14-35)29-30-12-11-27(32-29)31-28-19-26(33-34-28)24-9-10-24/h5-8,11-12,19,21,24H,1-4,9-10,13-18,20H2,(H2,30,31,32,33,34). The second-order valence-electron chi connectivity index (χ2n) is 11.0. The van der Waals surface area contributed by atoms with Gasteiger partial charge in [0.05, 0.1) is 0 Å². The lowest BCUT2D eigenvalue weighted by Gasteiger charge is -2.34. The van der Waals surface area contributed by atoms with E-state index in [1.54, 1.807) is 0 Å². The van der Waals surface area contributed by atoms with E-state index in [-0.39, 0.29) is 0 Å². The highest BCUT2D eigenvalue weighted by Gasteiger charge is 2.26. The second-order valence-corrected chi connectivity index (χ2v) is 11.0. The van der Waals surface area contributed by atoms with Gasteiger partial charge in [0.2, 0.25) is 5.95 Å². The monoisotopic (exact) mass is 499 g/mol. The summed E-state index contributed by atoms with van der Waals surface area (Å²) in [6, 6.07) is 12.6. The maximum Gasteiger partial charge on any atom is 0.227 e. The number of hydrogen-bond acceptors (Lipinski definition) is 7. The van der Waals surface area contributed by atoms with Crippen LogP contribution in [0, 0.1) is 5.92 Å². The summed E-state index contributed by atoms with van der Waals surface area (Å²) >= 11 is 0. The minimum absolute atomic E-state index is 0.393. The van der Waals surface area contributed by atoms with Gasteiger partial charge in [0.1, 0.15) is 11.6 Å². The Kier molecular flexibility index (Phi) is 7.17. The largest absolute Gasteiger partial charge is 0.338 e. The van der Waals surface area contributed by atoms with Crippen LogP contribution in [0.3, 0.4) is 0 Å². The molecule has 2 aromatic heterocycles. The maximum absolute atomic E-state index is 12.4. The van der Waals surface area contributed by atoms with E-state index in [1.165, 1.54) is 49.8 Å². The molecule has 0 bridgehead atoms. The molecule has 1 saturated heterocycles. The summed E-state index contributed by atoms with van der Waals surface area (Å²) in [5, 5.41) is 10.8. The topological polar surface area (TPSA) is 90.0 Å². The first-order valence-corrected chi connectivity index (χ1v) is 13.9. The van der Waals surface area contributed by atoms with Gasteiger partial charge in [-0.15, -0.1) is 0 Å². The van der Waals surface area contributed by atoms with E-state index in [2.05, 4.69) is 60.6 Å². The van der Waals surface area contributed by atoms with Gasteiger partial charge >= 0.3 is 0 Å². The van der Waals surface area contributed by atoms with Gasteiger partial charge in [-0.1, -0.05) is 49.9 Å². The molecule has 194 valence electrons. The lowest BCUT2D eigenvalue weighted by Crippen LogP contribution is -2.46. The number of hydrogen-bond donors (Lipinski definition) is 2. The predicted octanol–water partition coefficient (Wildman–Crippen LogP) is 4.83. The van der Waals surface area contributed by atoms with Crippen molar-refractivity contribution < 1.29 is 4.79 Å². The second kappa shape index (κ2) is 11.0. The zero-order valence-corrected chi connectivity index (χ0v) is 21.5. The van der Waals surface area contributed by atoms with Crippen molar-refractivity contribution >= 4 is 23.4 Å². The fourth-order valence-corrected chi connectivity index (χ4v) is 5.67. The van der Waals surface area contributed by atoms with Crippen molar-refractivity contribution in [2.45, 2.75) is 63.8 Å². The van der Waals surface area contributed by atoms with E-state index in [4.69, 9.17) is 4.98 Å². The summed E-state index contributed by atoms with van der Waals surface area (Å²) in [6.45, 7) is 4.64. The Morgan fingerprint density at radius 3 is 2.46 bits per heavy atom. The summed E-state index contributed by atoms with van der Waals surface area (Å²) in [6.07, 6.45) is 10.7. The molecule has 1 aromatic carbocycles. The first-order chi connectivity index (χ1) is 18.2. The SMILES string of the molecule is O=C(Cc1ccc(CN2CCN(c3nccc(Nc4cc(C5CC5)[nH]n4)n3)CC2)cc1)CC1CCCC1. The number of H-pyrrole nitrogens is 1. The number of piperazine rings is 1. The molecule has 2 N–H and O–H groups in total. The number of carbonyl (C=O) groups excluding carboxylic acids is 1. The van der Waals surface area contributed by atoms with Crippen molar-refractivity contribution in [2.24, 2.45) is 5.92 Å². The molecule has 1 aliphatic heterocycles. The number of anilines is 3. The summed E-state index contributed by atoms with van der Waals surface area (Å²) in [4.78, 5) is 26.4. The first-order valence-electron chi connectivity index (χ1n) is 13.9. The van der Waals surface area contributed by atoms with Crippen molar-refractivity contribution in [3.05, 3.63) is 59.4 Å². The average Bonchev–Trinajstić information content (AvgIpc) is 3.44. The molecule has 0 unspecified atom stereocenters. The number of ketones is 1. The van der Waals surface area contributed by atoms with Gasteiger partial charge in [-0.2, -0.15) is 10.1 Å². The van der Waals surface area contributed by atoms with Gasteiger partial charge < -0.3 is 10.2 Å². The molecule has 0 radical (unpaired) electrons. The Labute approximate surface area is 218 Å². The van der Waals surface area contributed by atoms with Gasteiger partial charge in [-0.05, 0) is 36.0 Å². The van der Waals surface area contributed by atoms with Crippen LogP contribution in [0.5, 0.6) is 0 Å². The highest BCUT2D eigenvalue weighted by atomic mass is 16.1. The third-order valence-corrected chi connectivity index (χ3v) is 7.99. The lowest BCUT2D eigenvalue weighted by molar-refractivity contribution is -0.119. The predicted molar refractivity (Wildman–Crippen MR) is 145 cm³/mol. The molecule has 37 heavy (non-hydrogen) atoms. The fraction of sp³-hybridized carbons (Fsp3) is 0.517. The third kappa shape index (κ3) is 6.36. The van der Waals surface area contributed by atoms with Crippen molar-refractivity contribution in [2.75, 3.05) is 36.4 Å². The summed E-state index contributed by atoms with van der Waals surface area (Å²) < 4.78 is 0. The number of Topliss-reactive ketones (excluding diaryl/α,β-unsaturated/α-hetero) is 1. The first kappa shape index (κ1) is 24.1. The van der Waals surface area contributed by atoms with Crippen molar-refractivity contribution in [1.82, 2.24) is 25.1 Å². The number of aromatic nitrogens is 4. The average molecular weight is 500 g/mol. The van der Waals surface area contributed by atoms with E-state index >= 15 is 0 Å². The lowest BCUT2D eigenvalue weighted by atomic mass is 9.97. The van der Waals surface area contributed by atoms with E-state index < -0.39 is 0 Å². The molecule has 2 aliphatic carbocycles. The molecule has 6 rings (SSSR count). The van der Waals surface area contributed by atoms with Crippen molar-refractivity contribution in [1.29, 1.82) is 0 Å². The van der Waals surface area contributed by atoms with Crippen molar-refractivity contribution in [3.63, 3.8) is 0 Å². The van der Waals surface area contributed by atoms with Crippen LogP contribution in [0.2, 0.25) is 0 Å². The molecule has 2 saturated carbocycles. The van der Waals surface area contributed by atoms with E-state index in [0.29, 0.717) is 24.0 Å². The van der Waals surface area contributed by atoms with Crippen LogP contribution in [-0.2, 0) is 17.8 Å². The number of rotatable bonds is 10. The molecule has 3 heterocycles. The summed E-state index contributed by atoms with van der Waals surface area (Å²) in [7, 11) is 0. The maximum atomic E-state index is 12.4. The minimum Gasteiger partial charge on any atom is -0.338 e. The Balaban J connectivity index is 0.969. The van der Waals surface area contributed by atoms with Gasteiger partial charge in [-0.3, -0.25) is 14.8 Å². The molecule has 0 atom stereocenters. The molecule has 0 spiro atoms. The van der Waals surface area contributed by atoms with E-state index in [0.717, 1.165) is 62.3 Å². The number of nitrogens with zero attached hydrogens (tertiary/aromatic N) is 5. The molecule has 8 heteroatoms. The Morgan fingerprint density at radius 1 is 0.946 bits per heavy atom. The number of nitrogens with one attached hydrogen (secondary N) is 2. The molecular formula is C29H37N7O. The van der Waals surface area contributed by atoms with Crippen LogP contribution in [0.1, 0.15) is 67.7 Å². The van der Waals surface area contributed by atoms with Crippen LogP contribution >= 0.6 is 0 Å². The van der Waals surface area contributed by atoms with Crippen LogP contribution in [0.4, 0.5) is 17.6 Å². The van der Waals surface area contributed by atoms with Crippen LogP contribution in [-0.4, -0.2) is 57.0 Å². The smallest absolute Gasteiger partial charge is 0.227 e. The van der Waals surface area contributed by atoms with Gasteiger partial charge in [0.15, 0.2) is 5.82 Å². The number of aromatic amines is 1. The quantitative estimate of drug-likeness (QED) is 0.413.